The summed E-state index contributed by atoms with van der Waals surface area (Å²) in [5.74, 6) is -1.62. The minimum absolute atomic E-state index is 0.00322. The molecule has 0 atom stereocenters. The lowest BCUT2D eigenvalue weighted by Gasteiger charge is -2.26. The van der Waals surface area contributed by atoms with Crippen LogP contribution in [0.15, 0.2) is 96.2 Å². The molecule has 0 unspecified atom stereocenters. The fraction of sp³-hybridized carbons (Fsp3) is 0.226. The monoisotopic (exact) mass is 606 g/mol. The molecule has 12 heteroatoms. The van der Waals surface area contributed by atoms with Crippen LogP contribution in [0.2, 0.25) is 0 Å². The Morgan fingerprint density at radius 1 is 0.907 bits per heavy atom. The van der Waals surface area contributed by atoms with Crippen molar-refractivity contribution in [3.8, 4) is 11.1 Å². The normalized spacial score (nSPS) is 11.7. The van der Waals surface area contributed by atoms with Gasteiger partial charge >= 0.3 is 12.1 Å². The number of carboxylic acid groups (broad SMARTS) is 1. The summed E-state index contributed by atoms with van der Waals surface area (Å²) in [7, 11) is -4.07. The van der Waals surface area contributed by atoms with Gasteiger partial charge in [-0.05, 0) is 73.9 Å². The van der Waals surface area contributed by atoms with Crippen LogP contribution in [0, 0.1) is 5.82 Å². The number of halogens is 1. The number of amides is 1. The first-order valence-corrected chi connectivity index (χ1v) is 14.7. The summed E-state index contributed by atoms with van der Waals surface area (Å²) in [6.07, 6.45) is 1.82. The number of carboxylic acids is 1. The summed E-state index contributed by atoms with van der Waals surface area (Å²) < 4.78 is 47.4. The predicted molar refractivity (Wildman–Crippen MR) is 158 cm³/mol. The number of carbonyl (C=O) groups excluding carboxylic acids is 1. The zero-order valence-electron chi connectivity index (χ0n) is 23.8. The molecule has 0 saturated carbocycles. The van der Waals surface area contributed by atoms with Crippen LogP contribution in [-0.4, -0.2) is 52.0 Å². The maximum absolute atomic E-state index is 13.8. The number of benzene rings is 2. The number of anilines is 1. The second-order valence-electron chi connectivity index (χ2n) is 10.6. The lowest BCUT2D eigenvalue weighted by Crippen LogP contribution is -2.40. The van der Waals surface area contributed by atoms with E-state index in [1.807, 2.05) is 12.1 Å². The number of ether oxygens (including phenoxy) is 1. The third kappa shape index (κ3) is 8.43. The van der Waals surface area contributed by atoms with Crippen molar-refractivity contribution in [3.05, 3.63) is 108 Å². The number of rotatable bonds is 10. The number of aliphatic carboxylic acids is 1. The van der Waals surface area contributed by atoms with E-state index in [1.54, 1.807) is 57.2 Å². The van der Waals surface area contributed by atoms with Crippen LogP contribution < -0.4 is 4.90 Å². The molecule has 43 heavy (non-hydrogen) atoms. The molecule has 2 heterocycles. The molecule has 0 aliphatic carbocycles. The van der Waals surface area contributed by atoms with Crippen LogP contribution in [-0.2, 0) is 32.6 Å². The van der Waals surface area contributed by atoms with Crippen molar-refractivity contribution in [2.24, 2.45) is 0 Å². The fourth-order valence-corrected chi connectivity index (χ4v) is 5.46. The molecule has 2 aromatic heterocycles. The topological polar surface area (TPSA) is 130 Å². The van der Waals surface area contributed by atoms with Gasteiger partial charge in [-0.3, -0.25) is 14.7 Å². The van der Waals surface area contributed by atoms with Gasteiger partial charge in [-0.25, -0.2) is 22.6 Å². The van der Waals surface area contributed by atoms with Crippen molar-refractivity contribution in [1.29, 1.82) is 0 Å². The van der Waals surface area contributed by atoms with Crippen molar-refractivity contribution < 1.29 is 32.2 Å². The first-order chi connectivity index (χ1) is 20.3. The summed E-state index contributed by atoms with van der Waals surface area (Å²) in [5, 5.41) is 9.42. The van der Waals surface area contributed by atoms with E-state index in [0.29, 0.717) is 5.56 Å². The molecule has 0 bridgehead atoms. The Hall–Kier alpha value is -4.68. The summed E-state index contributed by atoms with van der Waals surface area (Å²) in [6, 6.07) is 20.8. The highest BCUT2D eigenvalue weighted by Crippen LogP contribution is 2.25. The van der Waals surface area contributed by atoms with Gasteiger partial charge in [0.15, 0.2) is 0 Å². The Labute approximate surface area is 249 Å². The lowest BCUT2D eigenvalue weighted by molar-refractivity contribution is -0.135. The standard InChI is InChI=1S/C31H31FN4O6S/c1-31(2,3)42-30(39)36(21-29(37)38)28-8-4-6-26(34-28)20-35(43(40,41)27-7-5-17-33-18-27)19-22-9-11-23(12-10-22)24-13-15-25(32)16-14-24/h4-18H,19-21H2,1-3H3,(H,37,38). The van der Waals surface area contributed by atoms with Crippen LogP contribution in [0.5, 0.6) is 0 Å². The van der Waals surface area contributed by atoms with Gasteiger partial charge in [-0.15, -0.1) is 0 Å². The molecule has 1 amide bonds. The summed E-state index contributed by atoms with van der Waals surface area (Å²) in [5.41, 5.74) is 1.71. The minimum atomic E-state index is -4.07. The van der Waals surface area contributed by atoms with Crippen molar-refractivity contribution >= 4 is 27.9 Å². The number of nitrogens with zero attached hydrogens (tertiary/aromatic N) is 4. The molecule has 0 saturated heterocycles. The van der Waals surface area contributed by atoms with Gasteiger partial charge < -0.3 is 9.84 Å². The summed E-state index contributed by atoms with van der Waals surface area (Å²) >= 11 is 0. The van der Waals surface area contributed by atoms with E-state index >= 15 is 0 Å². The van der Waals surface area contributed by atoms with Crippen LogP contribution in [0.4, 0.5) is 15.0 Å². The molecule has 0 fully saturated rings. The SMILES string of the molecule is CC(C)(C)OC(=O)N(CC(=O)O)c1cccc(CN(Cc2ccc(-c3ccc(F)cc3)cc2)S(=O)(=O)c2cccnc2)n1. The van der Waals surface area contributed by atoms with Gasteiger partial charge in [0.25, 0.3) is 0 Å². The van der Waals surface area contributed by atoms with Gasteiger partial charge in [0.2, 0.25) is 10.0 Å². The Kier molecular flexibility index (Phi) is 9.52. The Morgan fingerprint density at radius 2 is 1.56 bits per heavy atom. The minimum Gasteiger partial charge on any atom is -0.480 e. The molecule has 0 aliphatic rings. The van der Waals surface area contributed by atoms with Crippen molar-refractivity contribution in [2.45, 2.75) is 44.4 Å². The quantitative estimate of drug-likeness (QED) is 0.251. The van der Waals surface area contributed by atoms with Crippen LogP contribution in [0.1, 0.15) is 32.0 Å². The summed E-state index contributed by atoms with van der Waals surface area (Å²) in [4.78, 5) is 33.6. The van der Waals surface area contributed by atoms with Gasteiger partial charge in [-0.2, -0.15) is 4.31 Å². The molecule has 4 rings (SSSR count). The Bertz CT molecular complexity index is 1680. The Balaban J connectivity index is 1.66. The second kappa shape index (κ2) is 13.1. The van der Waals surface area contributed by atoms with Gasteiger partial charge in [-0.1, -0.05) is 42.5 Å². The highest BCUT2D eigenvalue weighted by Gasteiger charge is 2.28. The molecule has 0 spiro atoms. The second-order valence-corrected chi connectivity index (χ2v) is 12.6. The van der Waals surface area contributed by atoms with E-state index < -0.39 is 34.2 Å². The number of sulfonamides is 1. The predicted octanol–water partition coefficient (Wildman–Crippen LogP) is 5.50. The third-order valence-electron chi connectivity index (χ3n) is 6.08. The van der Waals surface area contributed by atoms with Crippen molar-refractivity contribution in [1.82, 2.24) is 14.3 Å². The molecule has 4 aromatic rings. The highest BCUT2D eigenvalue weighted by molar-refractivity contribution is 7.89. The smallest absolute Gasteiger partial charge is 0.416 e. The maximum atomic E-state index is 13.8. The number of carbonyl (C=O) groups is 2. The molecule has 10 nitrogen and oxygen atoms in total. The molecule has 0 radical (unpaired) electrons. The highest BCUT2D eigenvalue weighted by atomic mass is 32.2. The van der Waals surface area contributed by atoms with E-state index in [1.165, 1.54) is 47.0 Å². The zero-order chi connectivity index (χ0) is 31.2. The largest absolute Gasteiger partial charge is 0.480 e. The third-order valence-corrected chi connectivity index (χ3v) is 7.85. The summed E-state index contributed by atoms with van der Waals surface area (Å²) in [6.45, 7) is 4.03. The van der Waals surface area contributed by atoms with Gasteiger partial charge in [0, 0.05) is 18.9 Å². The average Bonchev–Trinajstić information content (AvgIpc) is 2.96. The van der Waals surface area contributed by atoms with E-state index in [4.69, 9.17) is 4.74 Å². The van der Waals surface area contributed by atoms with E-state index in [9.17, 15) is 27.5 Å². The molecular formula is C31H31FN4O6S. The Morgan fingerprint density at radius 3 is 2.14 bits per heavy atom. The lowest BCUT2D eigenvalue weighted by atomic mass is 10.0. The van der Waals surface area contributed by atoms with Gasteiger partial charge in [0.1, 0.15) is 28.7 Å². The van der Waals surface area contributed by atoms with E-state index in [-0.39, 0.29) is 35.3 Å². The molecule has 224 valence electrons. The molecule has 2 aromatic carbocycles. The average molecular weight is 607 g/mol. The van der Waals surface area contributed by atoms with E-state index in [2.05, 4.69) is 9.97 Å². The molecule has 0 aliphatic heterocycles. The number of hydrogen-bond acceptors (Lipinski definition) is 7. The fourth-order valence-electron chi connectivity index (χ4n) is 4.10. The number of pyridine rings is 2. The molecule has 1 N–H and O–H groups in total. The van der Waals surface area contributed by atoms with Crippen molar-refractivity contribution in [2.75, 3.05) is 11.4 Å². The molecular weight excluding hydrogens is 575 g/mol. The maximum Gasteiger partial charge on any atom is 0.416 e. The number of aromatic nitrogens is 2. The van der Waals surface area contributed by atoms with Crippen LogP contribution in [0.25, 0.3) is 11.1 Å². The zero-order valence-corrected chi connectivity index (χ0v) is 24.7. The van der Waals surface area contributed by atoms with Crippen LogP contribution >= 0.6 is 0 Å². The first kappa shape index (κ1) is 31.3. The number of hydrogen-bond donors (Lipinski definition) is 1. The van der Waals surface area contributed by atoms with Crippen molar-refractivity contribution in [3.63, 3.8) is 0 Å². The first-order valence-electron chi connectivity index (χ1n) is 13.3. The van der Waals surface area contributed by atoms with E-state index in [0.717, 1.165) is 16.0 Å². The van der Waals surface area contributed by atoms with Gasteiger partial charge in [0.05, 0.1) is 12.2 Å². The van der Waals surface area contributed by atoms with Crippen LogP contribution in [0.3, 0.4) is 0 Å².